The largest absolute Gasteiger partial charge is 0.398 e. The number of halogens is 3. The number of nitrogens with two attached hydrogens (primary N) is 1. The molecule has 0 atom stereocenters. The average Bonchev–Trinajstić information content (AvgIpc) is 2.78. The van der Waals surface area contributed by atoms with Gasteiger partial charge < -0.3 is 5.73 Å². The van der Waals surface area contributed by atoms with Crippen LogP contribution in [-0.4, -0.2) is 26.4 Å². The van der Waals surface area contributed by atoms with Crippen molar-refractivity contribution in [1.82, 2.24) is 20.2 Å². The van der Waals surface area contributed by atoms with Crippen molar-refractivity contribution in [3.8, 4) is 11.4 Å². The third-order valence-electron chi connectivity index (χ3n) is 2.99. The molecule has 0 spiro atoms. The summed E-state index contributed by atoms with van der Waals surface area (Å²) in [5.41, 5.74) is 8.79. The van der Waals surface area contributed by atoms with Crippen LogP contribution in [0.25, 0.3) is 11.4 Å². The van der Waals surface area contributed by atoms with Crippen molar-refractivity contribution in [3.63, 3.8) is 0 Å². The number of alkyl halides is 3. The molecule has 2 aromatic rings. The van der Waals surface area contributed by atoms with Gasteiger partial charge in [0.25, 0.3) is 0 Å². The number of hydrogen-bond donors (Lipinski definition) is 1. The highest BCUT2D eigenvalue weighted by Gasteiger charge is 2.27. The fourth-order valence-corrected chi connectivity index (χ4v) is 1.89. The van der Waals surface area contributed by atoms with Gasteiger partial charge in [-0.25, -0.2) is 4.68 Å². The summed E-state index contributed by atoms with van der Waals surface area (Å²) in [6.45, 7) is 3.38. The average molecular weight is 285 g/mol. The van der Waals surface area contributed by atoms with Gasteiger partial charge in [-0.3, -0.25) is 0 Å². The normalized spacial score (nSPS) is 11.8. The van der Waals surface area contributed by atoms with Crippen LogP contribution in [-0.2, 0) is 6.54 Å². The van der Waals surface area contributed by atoms with E-state index in [0.717, 1.165) is 15.8 Å². The first kappa shape index (κ1) is 14.3. The van der Waals surface area contributed by atoms with Gasteiger partial charge in [-0.2, -0.15) is 13.2 Å². The Morgan fingerprint density at radius 2 is 1.90 bits per heavy atom. The number of hydrogen-bond acceptors (Lipinski definition) is 4. The topological polar surface area (TPSA) is 69.6 Å². The van der Waals surface area contributed by atoms with Gasteiger partial charge in [-0.1, -0.05) is 6.07 Å². The molecule has 0 amide bonds. The molecule has 2 rings (SSSR count). The molecule has 0 radical (unpaired) electrons. The van der Waals surface area contributed by atoms with Crippen LogP contribution in [0.5, 0.6) is 0 Å². The van der Waals surface area contributed by atoms with E-state index in [0.29, 0.717) is 17.1 Å². The molecule has 0 aliphatic rings. The molecule has 0 saturated carbocycles. The Morgan fingerprint density at radius 1 is 1.20 bits per heavy atom. The summed E-state index contributed by atoms with van der Waals surface area (Å²) < 4.78 is 38.0. The predicted octanol–water partition coefficient (Wildman–Crippen LogP) is 2.49. The summed E-state index contributed by atoms with van der Waals surface area (Å²) in [6, 6.07) is 3.54. The Labute approximate surface area is 113 Å². The monoisotopic (exact) mass is 285 g/mol. The lowest BCUT2D eigenvalue weighted by atomic mass is 10.0. The van der Waals surface area contributed by atoms with Crippen LogP contribution < -0.4 is 5.73 Å². The standard InChI is InChI=1S/C12H14F3N5/c1-7-5-8(2)10(16)6-9(7)11-17-18-19-20(11)4-3-12(13,14)15/h5-6H,3-4,16H2,1-2H3. The Bertz CT molecular complexity index is 618. The summed E-state index contributed by atoms with van der Waals surface area (Å²) in [5, 5.41) is 10.8. The van der Waals surface area contributed by atoms with Crippen LogP contribution in [0.4, 0.5) is 18.9 Å². The lowest BCUT2D eigenvalue weighted by Crippen LogP contribution is -2.14. The van der Waals surface area contributed by atoms with E-state index in [9.17, 15) is 13.2 Å². The number of anilines is 1. The third kappa shape index (κ3) is 3.06. The molecular weight excluding hydrogens is 271 g/mol. The van der Waals surface area contributed by atoms with Crippen molar-refractivity contribution in [2.24, 2.45) is 0 Å². The van der Waals surface area contributed by atoms with Crippen LogP contribution in [0.2, 0.25) is 0 Å². The molecule has 0 saturated heterocycles. The molecule has 1 aromatic heterocycles. The first-order valence-corrected chi connectivity index (χ1v) is 5.98. The maximum atomic E-state index is 12.3. The molecule has 0 fully saturated rings. The van der Waals surface area contributed by atoms with E-state index in [1.54, 1.807) is 6.07 Å². The lowest BCUT2D eigenvalue weighted by molar-refractivity contribution is -0.137. The Morgan fingerprint density at radius 3 is 2.55 bits per heavy atom. The van der Waals surface area contributed by atoms with E-state index in [1.807, 2.05) is 19.9 Å². The molecule has 1 heterocycles. The number of tetrazole rings is 1. The van der Waals surface area contributed by atoms with Gasteiger partial charge in [-0.15, -0.1) is 5.10 Å². The fraction of sp³-hybridized carbons (Fsp3) is 0.417. The smallest absolute Gasteiger partial charge is 0.390 e. The molecular formula is C12H14F3N5. The van der Waals surface area contributed by atoms with E-state index >= 15 is 0 Å². The summed E-state index contributed by atoms with van der Waals surface area (Å²) in [7, 11) is 0. The third-order valence-corrected chi connectivity index (χ3v) is 2.99. The maximum absolute atomic E-state index is 12.3. The number of aryl methyl sites for hydroxylation is 3. The molecule has 0 bridgehead atoms. The van der Waals surface area contributed by atoms with Crippen molar-refractivity contribution in [2.75, 3.05) is 5.73 Å². The Balaban J connectivity index is 2.35. The highest BCUT2D eigenvalue weighted by Crippen LogP contribution is 2.27. The predicted molar refractivity (Wildman–Crippen MR) is 67.8 cm³/mol. The summed E-state index contributed by atoms with van der Waals surface area (Å²) >= 11 is 0. The van der Waals surface area contributed by atoms with Crippen LogP contribution >= 0.6 is 0 Å². The highest BCUT2D eigenvalue weighted by molar-refractivity contribution is 5.67. The molecule has 5 nitrogen and oxygen atoms in total. The van der Waals surface area contributed by atoms with E-state index in [-0.39, 0.29) is 6.54 Å². The molecule has 0 aliphatic heterocycles. The summed E-state index contributed by atoms with van der Waals surface area (Å²) in [5.74, 6) is 0.290. The number of benzene rings is 1. The Hall–Kier alpha value is -2.12. The first-order chi connectivity index (χ1) is 9.28. The highest BCUT2D eigenvalue weighted by atomic mass is 19.4. The molecule has 8 heteroatoms. The number of aromatic nitrogens is 4. The number of nitrogen functional groups attached to an aromatic ring is 1. The zero-order chi connectivity index (χ0) is 14.9. The second kappa shape index (κ2) is 5.10. The van der Waals surface area contributed by atoms with Crippen molar-refractivity contribution < 1.29 is 13.2 Å². The van der Waals surface area contributed by atoms with Crippen molar-refractivity contribution in [3.05, 3.63) is 23.3 Å². The van der Waals surface area contributed by atoms with Crippen molar-refractivity contribution in [1.29, 1.82) is 0 Å². The van der Waals surface area contributed by atoms with Gasteiger partial charge in [0, 0.05) is 11.3 Å². The minimum Gasteiger partial charge on any atom is -0.398 e. The fourth-order valence-electron chi connectivity index (χ4n) is 1.89. The van der Waals surface area contributed by atoms with Gasteiger partial charge in [0.2, 0.25) is 0 Å². The van der Waals surface area contributed by atoms with Gasteiger partial charge >= 0.3 is 6.18 Å². The van der Waals surface area contributed by atoms with Gasteiger partial charge in [-0.05, 0) is 41.5 Å². The van der Waals surface area contributed by atoms with E-state index in [1.165, 1.54) is 0 Å². The minimum absolute atomic E-state index is 0.290. The number of rotatable bonds is 3. The zero-order valence-electron chi connectivity index (χ0n) is 11.1. The molecule has 0 unspecified atom stereocenters. The molecule has 108 valence electrons. The maximum Gasteiger partial charge on any atom is 0.390 e. The van der Waals surface area contributed by atoms with Crippen LogP contribution in [0, 0.1) is 13.8 Å². The van der Waals surface area contributed by atoms with Crippen LogP contribution in [0.15, 0.2) is 12.1 Å². The summed E-state index contributed by atoms with van der Waals surface area (Å²) in [6.07, 6.45) is -5.23. The van der Waals surface area contributed by atoms with Crippen LogP contribution in [0.3, 0.4) is 0 Å². The first-order valence-electron chi connectivity index (χ1n) is 5.98. The minimum atomic E-state index is -4.25. The molecule has 2 N–H and O–H groups in total. The van der Waals surface area contributed by atoms with Gasteiger partial charge in [0.1, 0.15) is 0 Å². The second-order valence-corrected chi connectivity index (χ2v) is 4.61. The van der Waals surface area contributed by atoms with E-state index in [4.69, 9.17) is 5.73 Å². The van der Waals surface area contributed by atoms with E-state index in [2.05, 4.69) is 15.5 Å². The quantitative estimate of drug-likeness (QED) is 0.880. The molecule has 20 heavy (non-hydrogen) atoms. The van der Waals surface area contributed by atoms with Crippen LogP contribution in [0.1, 0.15) is 17.5 Å². The SMILES string of the molecule is Cc1cc(C)c(-c2nnnn2CCC(F)(F)F)cc1N. The van der Waals surface area contributed by atoms with E-state index < -0.39 is 12.6 Å². The molecule has 0 aliphatic carbocycles. The van der Waals surface area contributed by atoms with Crippen molar-refractivity contribution in [2.45, 2.75) is 33.0 Å². The van der Waals surface area contributed by atoms with Crippen molar-refractivity contribution >= 4 is 5.69 Å². The Kier molecular flexibility index (Phi) is 3.65. The van der Waals surface area contributed by atoms with Gasteiger partial charge in [0.15, 0.2) is 5.82 Å². The molecule has 1 aromatic carbocycles. The lowest BCUT2D eigenvalue weighted by Gasteiger charge is -2.11. The number of nitrogens with zero attached hydrogens (tertiary/aromatic N) is 4. The summed E-state index contributed by atoms with van der Waals surface area (Å²) in [4.78, 5) is 0. The zero-order valence-corrected chi connectivity index (χ0v) is 11.1. The van der Waals surface area contributed by atoms with Gasteiger partial charge in [0.05, 0.1) is 13.0 Å². The second-order valence-electron chi connectivity index (χ2n) is 4.61.